The van der Waals surface area contributed by atoms with Crippen LogP contribution in [0.1, 0.15) is 31.1 Å². The molecule has 0 saturated heterocycles. The number of hydrogen-bond donors (Lipinski definition) is 0. The Kier molecular flexibility index (Phi) is 5.92. The quantitative estimate of drug-likeness (QED) is 0.588. The fourth-order valence-corrected chi connectivity index (χ4v) is 1.92. The van der Waals surface area contributed by atoms with E-state index in [0.717, 1.165) is 10.8 Å². The molecule has 1 rings (SSSR count). The predicted molar refractivity (Wildman–Crippen MR) is 75.6 cm³/mol. The Hall–Kier alpha value is -1.29. The average molecular weight is 313 g/mol. The Bertz CT molecular complexity index is 449. The van der Waals surface area contributed by atoms with Gasteiger partial charge in [-0.15, -0.1) is 0 Å². The molecule has 0 N–H and O–H groups in total. The van der Waals surface area contributed by atoms with Crippen molar-refractivity contribution in [2.24, 2.45) is 0 Å². The van der Waals surface area contributed by atoms with Gasteiger partial charge in [-0.05, 0) is 54.9 Å². The normalized spacial score (nSPS) is 9.78. The van der Waals surface area contributed by atoms with Gasteiger partial charge in [0.25, 0.3) is 0 Å². The molecule has 0 radical (unpaired) electrons. The number of allylic oxidation sites excluding steroid dienone is 1. The van der Waals surface area contributed by atoms with Gasteiger partial charge in [-0.1, -0.05) is 5.57 Å². The maximum absolute atomic E-state index is 10.8. The monoisotopic (exact) mass is 312 g/mol. The highest BCUT2D eigenvalue weighted by atomic mass is 79.9. The largest absolute Gasteiger partial charge is 0.490 e. The number of carbonyl (C=O) groups is 1. The number of ether oxygens (including phenoxy) is 2. The van der Waals surface area contributed by atoms with Crippen LogP contribution in [0.3, 0.4) is 0 Å². The van der Waals surface area contributed by atoms with Crippen LogP contribution >= 0.6 is 15.9 Å². The second-order valence-electron chi connectivity index (χ2n) is 3.97. The summed E-state index contributed by atoms with van der Waals surface area (Å²) in [6.45, 7) is 6.91. The van der Waals surface area contributed by atoms with Gasteiger partial charge in [0.2, 0.25) is 0 Å². The fraction of sp³-hybridized carbons (Fsp3) is 0.357. The van der Waals surface area contributed by atoms with Crippen molar-refractivity contribution in [2.75, 3.05) is 13.2 Å². The van der Waals surface area contributed by atoms with E-state index in [1.54, 1.807) is 12.1 Å². The maximum atomic E-state index is 10.8. The van der Waals surface area contributed by atoms with Crippen LogP contribution in [0.15, 0.2) is 28.3 Å². The van der Waals surface area contributed by atoms with Gasteiger partial charge >= 0.3 is 0 Å². The average Bonchev–Trinajstić information content (AvgIpc) is 2.32. The molecule has 98 valence electrons. The molecule has 0 aromatic heterocycles. The molecule has 0 unspecified atom stereocenters. The number of carbonyl (C=O) groups excluding carboxylic acids is 1. The number of halogens is 1. The van der Waals surface area contributed by atoms with E-state index in [2.05, 4.69) is 15.9 Å². The van der Waals surface area contributed by atoms with Gasteiger partial charge in [-0.2, -0.15) is 0 Å². The third kappa shape index (κ3) is 4.18. The highest BCUT2D eigenvalue weighted by Crippen LogP contribution is 2.36. The number of benzene rings is 1. The van der Waals surface area contributed by atoms with Crippen molar-refractivity contribution in [1.82, 2.24) is 0 Å². The molecule has 0 heterocycles. The third-order valence-electron chi connectivity index (χ3n) is 2.19. The van der Waals surface area contributed by atoms with Crippen LogP contribution in [-0.2, 0) is 0 Å². The molecule has 18 heavy (non-hydrogen) atoms. The minimum Gasteiger partial charge on any atom is -0.490 e. The molecule has 0 bridgehead atoms. The highest BCUT2D eigenvalue weighted by Gasteiger charge is 2.11. The Morgan fingerprint density at radius 2 is 2.06 bits per heavy atom. The van der Waals surface area contributed by atoms with E-state index in [9.17, 15) is 4.79 Å². The van der Waals surface area contributed by atoms with E-state index < -0.39 is 0 Å². The summed E-state index contributed by atoms with van der Waals surface area (Å²) in [5.41, 5.74) is 1.74. The molecular formula is C14H17BrO3. The molecule has 0 spiro atoms. The Morgan fingerprint density at radius 1 is 1.33 bits per heavy atom. The first-order valence-corrected chi connectivity index (χ1v) is 6.55. The molecule has 0 amide bonds. The van der Waals surface area contributed by atoms with E-state index in [0.29, 0.717) is 30.3 Å². The summed E-state index contributed by atoms with van der Waals surface area (Å²) in [7, 11) is 0. The first-order valence-electron chi connectivity index (χ1n) is 5.76. The number of rotatable bonds is 6. The number of aldehydes is 1. The number of hydrogen-bond acceptors (Lipinski definition) is 3. The summed E-state index contributed by atoms with van der Waals surface area (Å²) >= 11 is 3.39. The molecule has 0 atom stereocenters. The smallest absolute Gasteiger partial charge is 0.175 e. The Balaban J connectivity index is 3.00. The van der Waals surface area contributed by atoms with Gasteiger partial charge in [0, 0.05) is 5.56 Å². The molecule has 0 aliphatic carbocycles. The molecule has 3 nitrogen and oxygen atoms in total. The zero-order valence-electron chi connectivity index (χ0n) is 10.8. The predicted octanol–water partition coefficient (Wildman–Crippen LogP) is 4.01. The summed E-state index contributed by atoms with van der Waals surface area (Å²) in [6, 6.07) is 3.40. The standard InChI is InChI=1S/C14H17BrO3/c1-4-17-13-8-11(9-16)7-12(15)14(13)18-6-5-10(2)3/h5,7-9H,4,6H2,1-3H3. The van der Waals surface area contributed by atoms with Crippen LogP contribution in [0.5, 0.6) is 11.5 Å². The van der Waals surface area contributed by atoms with E-state index in [4.69, 9.17) is 9.47 Å². The second-order valence-corrected chi connectivity index (χ2v) is 4.83. The summed E-state index contributed by atoms with van der Waals surface area (Å²) < 4.78 is 11.9. The lowest BCUT2D eigenvalue weighted by atomic mass is 10.2. The molecule has 0 fully saturated rings. The van der Waals surface area contributed by atoms with E-state index >= 15 is 0 Å². The fourth-order valence-electron chi connectivity index (χ4n) is 1.35. The molecule has 0 saturated carbocycles. The van der Waals surface area contributed by atoms with Gasteiger partial charge in [-0.3, -0.25) is 4.79 Å². The lowest BCUT2D eigenvalue weighted by molar-refractivity contribution is 0.112. The zero-order chi connectivity index (χ0) is 13.5. The van der Waals surface area contributed by atoms with Gasteiger partial charge in [0.1, 0.15) is 12.9 Å². The van der Waals surface area contributed by atoms with Crippen LogP contribution in [-0.4, -0.2) is 19.5 Å². The van der Waals surface area contributed by atoms with Crippen molar-refractivity contribution in [3.8, 4) is 11.5 Å². The lowest BCUT2D eigenvalue weighted by Crippen LogP contribution is -2.01. The Morgan fingerprint density at radius 3 is 2.61 bits per heavy atom. The third-order valence-corrected chi connectivity index (χ3v) is 2.78. The van der Waals surface area contributed by atoms with Crippen molar-refractivity contribution in [2.45, 2.75) is 20.8 Å². The molecule has 0 aliphatic heterocycles. The zero-order valence-corrected chi connectivity index (χ0v) is 12.4. The van der Waals surface area contributed by atoms with Crippen molar-refractivity contribution in [3.63, 3.8) is 0 Å². The molecule has 4 heteroatoms. The van der Waals surface area contributed by atoms with Crippen LogP contribution in [0.4, 0.5) is 0 Å². The van der Waals surface area contributed by atoms with Crippen molar-refractivity contribution < 1.29 is 14.3 Å². The van der Waals surface area contributed by atoms with E-state index in [-0.39, 0.29) is 0 Å². The first-order chi connectivity index (χ1) is 8.58. The highest BCUT2D eigenvalue weighted by molar-refractivity contribution is 9.10. The maximum Gasteiger partial charge on any atom is 0.175 e. The SMILES string of the molecule is CCOc1cc(C=O)cc(Br)c1OCC=C(C)C. The summed E-state index contributed by atoms with van der Waals surface area (Å²) in [5.74, 6) is 1.20. The molecule has 1 aromatic carbocycles. The first kappa shape index (κ1) is 14.8. The Labute approximate surface area is 116 Å². The topological polar surface area (TPSA) is 35.5 Å². The minimum absolute atomic E-state index is 0.474. The van der Waals surface area contributed by atoms with Crippen molar-refractivity contribution >= 4 is 22.2 Å². The van der Waals surface area contributed by atoms with E-state index in [1.165, 1.54) is 5.57 Å². The van der Waals surface area contributed by atoms with Gasteiger partial charge < -0.3 is 9.47 Å². The van der Waals surface area contributed by atoms with Crippen LogP contribution < -0.4 is 9.47 Å². The summed E-state index contributed by atoms with van der Waals surface area (Å²) in [5, 5.41) is 0. The van der Waals surface area contributed by atoms with Crippen molar-refractivity contribution in [1.29, 1.82) is 0 Å². The molecular weight excluding hydrogens is 296 g/mol. The van der Waals surface area contributed by atoms with Gasteiger partial charge in [0.05, 0.1) is 11.1 Å². The van der Waals surface area contributed by atoms with Crippen molar-refractivity contribution in [3.05, 3.63) is 33.8 Å². The minimum atomic E-state index is 0.474. The lowest BCUT2D eigenvalue weighted by Gasteiger charge is -2.13. The van der Waals surface area contributed by atoms with Gasteiger partial charge in [0.15, 0.2) is 11.5 Å². The summed E-state index contributed by atoms with van der Waals surface area (Å²) in [6.07, 6.45) is 2.77. The molecule has 1 aromatic rings. The van der Waals surface area contributed by atoms with E-state index in [1.807, 2.05) is 26.8 Å². The molecule has 0 aliphatic rings. The summed E-state index contributed by atoms with van der Waals surface area (Å²) in [4.78, 5) is 10.8. The van der Waals surface area contributed by atoms with Gasteiger partial charge in [-0.25, -0.2) is 0 Å². The van der Waals surface area contributed by atoms with Crippen LogP contribution in [0.2, 0.25) is 0 Å². The van der Waals surface area contributed by atoms with Crippen LogP contribution in [0, 0.1) is 0 Å². The second kappa shape index (κ2) is 7.21. The van der Waals surface area contributed by atoms with Crippen LogP contribution in [0.25, 0.3) is 0 Å².